The molecule has 1 aromatic carbocycles. The third kappa shape index (κ3) is 2.47. The van der Waals surface area contributed by atoms with Gasteiger partial charge in [-0.1, -0.05) is 6.07 Å². The number of carbonyl (C=O) groups is 1. The maximum Gasteiger partial charge on any atom is 0.253 e. The van der Waals surface area contributed by atoms with Crippen LogP contribution in [0.2, 0.25) is 0 Å². The number of hydrogen-bond acceptors (Lipinski definition) is 3. The maximum atomic E-state index is 11.1. The summed E-state index contributed by atoms with van der Waals surface area (Å²) in [5.41, 5.74) is 1.21. The Kier molecular flexibility index (Phi) is 3.09. The Bertz CT molecular complexity index is 347. The molecule has 3 N–H and O–H groups in total. The fraction of sp³-hybridized carbons (Fsp3) is 0.300. The second kappa shape index (κ2) is 4.11. The largest absolute Gasteiger partial charge is 0.506 e. The molecule has 76 valence electrons. The van der Waals surface area contributed by atoms with Gasteiger partial charge in [0.2, 0.25) is 0 Å². The highest BCUT2D eigenvalue weighted by Gasteiger charge is 2.10. The molecule has 0 saturated carbocycles. The number of amides is 1. The highest BCUT2D eigenvalue weighted by atomic mass is 16.3. The van der Waals surface area contributed by atoms with Gasteiger partial charge >= 0.3 is 0 Å². The number of phenols is 1. The zero-order chi connectivity index (χ0) is 10.7. The monoisotopic (exact) mass is 195 g/mol. The highest BCUT2D eigenvalue weighted by Crippen LogP contribution is 2.23. The van der Waals surface area contributed by atoms with Gasteiger partial charge in [-0.25, -0.2) is 0 Å². The van der Waals surface area contributed by atoms with Crippen molar-refractivity contribution in [3.05, 3.63) is 23.8 Å². The van der Waals surface area contributed by atoms with Crippen molar-refractivity contribution in [1.82, 2.24) is 0 Å². The van der Waals surface area contributed by atoms with Crippen LogP contribution in [-0.2, 0) is 4.79 Å². The van der Waals surface area contributed by atoms with Gasteiger partial charge in [-0.2, -0.15) is 0 Å². The van der Waals surface area contributed by atoms with E-state index >= 15 is 0 Å². The molecular formula is C10H13NO3. The van der Waals surface area contributed by atoms with Crippen LogP contribution < -0.4 is 5.32 Å². The van der Waals surface area contributed by atoms with Crippen molar-refractivity contribution in [2.24, 2.45) is 0 Å². The van der Waals surface area contributed by atoms with Crippen LogP contribution in [-0.4, -0.2) is 22.2 Å². The van der Waals surface area contributed by atoms with E-state index in [0.29, 0.717) is 5.69 Å². The smallest absolute Gasteiger partial charge is 0.253 e. The van der Waals surface area contributed by atoms with E-state index in [0.717, 1.165) is 5.56 Å². The van der Waals surface area contributed by atoms with Crippen LogP contribution in [0.5, 0.6) is 5.75 Å². The third-order valence-corrected chi connectivity index (χ3v) is 1.79. The zero-order valence-electron chi connectivity index (χ0n) is 8.11. The zero-order valence-corrected chi connectivity index (χ0v) is 8.11. The van der Waals surface area contributed by atoms with E-state index in [1.54, 1.807) is 12.1 Å². The van der Waals surface area contributed by atoms with Gasteiger partial charge in [0.05, 0.1) is 5.69 Å². The number of aliphatic hydroxyl groups is 1. The van der Waals surface area contributed by atoms with Crippen LogP contribution >= 0.6 is 0 Å². The normalized spacial score (nSPS) is 12.2. The second-order valence-electron chi connectivity index (χ2n) is 3.19. The Balaban J connectivity index is 2.82. The first kappa shape index (κ1) is 10.5. The minimum Gasteiger partial charge on any atom is -0.506 e. The molecule has 1 unspecified atom stereocenters. The molecule has 0 aromatic heterocycles. The van der Waals surface area contributed by atoms with E-state index in [1.807, 2.05) is 6.92 Å². The molecule has 0 aliphatic heterocycles. The summed E-state index contributed by atoms with van der Waals surface area (Å²) in [5.74, 6) is -0.539. The topological polar surface area (TPSA) is 69.6 Å². The Morgan fingerprint density at radius 3 is 2.64 bits per heavy atom. The Labute approximate surface area is 82.2 Å². The van der Waals surface area contributed by atoms with Gasteiger partial charge in [-0.05, 0) is 31.5 Å². The van der Waals surface area contributed by atoms with Crippen molar-refractivity contribution in [3.8, 4) is 5.75 Å². The molecule has 0 saturated heterocycles. The summed E-state index contributed by atoms with van der Waals surface area (Å²) in [4.78, 5) is 11.1. The van der Waals surface area contributed by atoms with Crippen LogP contribution in [0.25, 0.3) is 0 Å². The number of hydrogen-bond donors (Lipinski definition) is 3. The molecule has 0 radical (unpaired) electrons. The molecule has 1 amide bonds. The van der Waals surface area contributed by atoms with Gasteiger partial charge in [0.15, 0.2) is 0 Å². The van der Waals surface area contributed by atoms with Crippen molar-refractivity contribution < 1.29 is 15.0 Å². The van der Waals surface area contributed by atoms with Crippen LogP contribution in [0, 0.1) is 6.92 Å². The SMILES string of the molecule is Cc1ccc(NC(=O)C(C)O)c(O)c1. The molecule has 1 aromatic rings. The predicted molar refractivity (Wildman–Crippen MR) is 53.2 cm³/mol. The molecule has 1 rings (SSSR count). The lowest BCUT2D eigenvalue weighted by Gasteiger charge is -2.08. The quantitative estimate of drug-likeness (QED) is 0.617. The number of nitrogens with one attached hydrogen (secondary N) is 1. The van der Waals surface area contributed by atoms with Gasteiger partial charge in [-0.3, -0.25) is 4.79 Å². The molecule has 4 heteroatoms. The van der Waals surface area contributed by atoms with Crippen molar-refractivity contribution in [1.29, 1.82) is 0 Å². The standard InChI is InChI=1S/C10H13NO3/c1-6-3-4-8(9(13)5-6)11-10(14)7(2)12/h3-5,7,12-13H,1-2H3,(H,11,14). The molecular weight excluding hydrogens is 182 g/mol. The Morgan fingerprint density at radius 2 is 2.14 bits per heavy atom. The lowest BCUT2D eigenvalue weighted by Crippen LogP contribution is -2.24. The number of aliphatic hydroxyl groups excluding tert-OH is 1. The number of phenolic OH excluding ortho intramolecular Hbond substituents is 1. The average molecular weight is 195 g/mol. The van der Waals surface area contributed by atoms with Crippen molar-refractivity contribution in [2.75, 3.05) is 5.32 Å². The van der Waals surface area contributed by atoms with Gasteiger partial charge in [0.25, 0.3) is 5.91 Å². The molecule has 1 atom stereocenters. The molecule has 4 nitrogen and oxygen atoms in total. The maximum absolute atomic E-state index is 11.1. The lowest BCUT2D eigenvalue weighted by atomic mass is 10.2. The van der Waals surface area contributed by atoms with E-state index in [-0.39, 0.29) is 5.75 Å². The summed E-state index contributed by atoms with van der Waals surface area (Å²) in [6.45, 7) is 3.20. The van der Waals surface area contributed by atoms with E-state index in [4.69, 9.17) is 5.11 Å². The van der Waals surface area contributed by atoms with Gasteiger partial charge in [0.1, 0.15) is 11.9 Å². The molecule has 0 heterocycles. The molecule has 0 fully saturated rings. The first-order chi connectivity index (χ1) is 6.50. The summed E-state index contributed by atoms with van der Waals surface area (Å²) in [7, 11) is 0. The van der Waals surface area contributed by atoms with Crippen molar-refractivity contribution >= 4 is 11.6 Å². The minimum atomic E-state index is -1.09. The van der Waals surface area contributed by atoms with E-state index < -0.39 is 12.0 Å². The van der Waals surface area contributed by atoms with E-state index in [2.05, 4.69) is 5.32 Å². The number of aryl methyl sites for hydroxylation is 1. The second-order valence-corrected chi connectivity index (χ2v) is 3.19. The summed E-state index contributed by atoms with van der Waals surface area (Å²) in [5, 5.41) is 20.8. The van der Waals surface area contributed by atoms with Crippen molar-refractivity contribution in [2.45, 2.75) is 20.0 Å². The van der Waals surface area contributed by atoms with Gasteiger partial charge in [-0.15, -0.1) is 0 Å². The Hall–Kier alpha value is -1.55. The lowest BCUT2D eigenvalue weighted by molar-refractivity contribution is -0.123. The van der Waals surface area contributed by atoms with Crippen LogP contribution in [0.1, 0.15) is 12.5 Å². The van der Waals surface area contributed by atoms with Crippen LogP contribution in [0.4, 0.5) is 5.69 Å². The first-order valence-corrected chi connectivity index (χ1v) is 4.29. The van der Waals surface area contributed by atoms with Gasteiger partial charge in [0, 0.05) is 0 Å². The number of anilines is 1. The highest BCUT2D eigenvalue weighted by molar-refractivity contribution is 5.94. The minimum absolute atomic E-state index is 0.000926. The Morgan fingerprint density at radius 1 is 1.50 bits per heavy atom. The summed E-state index contributed by atoms with van der Waals surface area (Å²) in [6.07, 6.45) is -1.09. The number of rotatable bonds is 2. The first-order valence-electron chi connectivity index (χ1n) is 4.29. The molecule has 14 heavy (non-hydrogen) atoms. The van der Waals surface area contributed by atoms with E-state index in [9.17, 15) is 9.90 Å². The predicted octanol–water partition coefficient (Wildman–Crippen LogP) is 1.02. The van der Waals surface area contributed by atoms with Crippen LogP contribution in [0.3, 0.4) is 0 Å². The summed E-state index contributed by atoms with van der Waals surface area (Å²) < 4.78 is 0. The van der Waals surface area contributed by atoms with Crippen molar-refractivity contribution in [3.63, 3.8) is 0 Å². The third-order valence-electron chi connectivity index (χ3n) is 1.79. The number of carbonyl (C=O) groups excluding carboxylic acids is 1. The van der Waals surface area contributed by atoms with Crippen LogP contribution in [0.15, 0.2) is 18.2 Å². The molecule has 0 aliphatic rings. The summed E-state index contributed by atoms with van der Waals surface area (Å²) in [6, 6.07) is 4.89. The molecule has 0 bridgehead atoms. The molecule has 0 aliphatic carbocycles. The van der Waals surface area contributed by atoms with E-state index in [1.165, 1.54) is 13.0 Å². The fourth-order valence-electron chi connectivity index (χ4n) is 0.985. The molecule has 0 spiro atoms. The summed E-state index contributed by atoms with van der Waals surface area (Å²) >= 11 is 0. The fourth-order valence-corrected chi connectivity index (χ4v) is 0.985. The number of aromatic hydroxyl groups is 1. The average Bonchev–Trinajstić information content (AvgIpc) is 2.09. The number of benzene rings is 1. The van der Waals surface area contributed by atoms with Gasteiger partial charge < -0.3 is 15.5 Å².